The standard InChI is InChI=1S/C21H25Cl2N3OS.2ClH.H2O/c22-18-4-2-17(3-5-18)16-26-13-11-25(12-14-26)10-1-15-28-21(27)24-20-8-6-19(23)7-9-20;;;/h2-9H,1,10-16H2,(H,24,27);2*1H;1H2/p+1. The highest BCUT2D eigenvalue weighted by Gasteiger charge is 2.17. The second-order valence-corrected chi connectivity index (χ2v) is 8.84. The summed E-state index contributed by atoms with van der Waals surface area (Å²) in [7, 11) is 0. The van der Waals surface area contributed by atoms with Crippen LogP contribution in [0.15, 0.2) is 48.5 Å². The van der Waals surface area contributed by atoms with Gasteiger partial charge in [-0.1, -0.05) is 35.3 Å². The molecule has 2 aromatic carbocycles. The maximum Gasteiger partial charge on any atom is 0.402 e. The molecule has 1 fully saturated rings. The molecule has 1 saturated heterocycles. The molecule has 4 N–H and O–H groups in total. The molecule has 31 heavy (non-hydrogen) atoms. The van der Waals surface area contributed by atoms with Crippen LogP contribution in [-0.2, 0) is 6.54 Å². The molecule has 1 heterocycles. The number of hydrogen-bond acceptors (Lipinski definition) is 3. The van der Waals surface area contributed by atoms with Crippen molar-refractivity contribution in [3.8, 4) is 0 Å². The van der Waals surface area contributed by atoms with E-state index in [4.69, 9.17) is 23.2 Å². The van der Waals surface area contributed by atoms with Crippen LogP contribution in [0.25, 0.3) is 0 Å². The van der Waals surface area contributed by atoms with E-state index in [9.17, 15) is 5.11 Å². The number of nitrogens with one attached hydrogen (secondary N) is 1. The normalized spacial score (nSPS) is 14.8. The summed E-state index contributed by atoms with van der Waals surface area (Å²) in [6.45, 7) is 6.42. The van der Waals surface area contributed by atoms with Gasteiger partial charge in [-0.15, -0.1) is 24.8 Å². The van der Waals surface area contributed by atoms with Crippen LogP contribution < -0.4 is 4.99 Å². The number of halogens is 4. The molecule has 0 bridgehead atoms. The Bertz CT molecular complexity index is 771. The van der Waals surface area contributed by atoms with Gasteiger partial charge in [-0.05, 0) is 54.6 Å². The predicted octanol–water partition coefficient (Wildman–Crippen LogP) is 3.58. The van der Waals surface area contributed by atoms with Crippen molar-refractivity contribution in [2.24, 2.45) is 0 Å². The van der Waals surface area contributed by atoms with Gasteiger partial charge in [0.25, 0.3) is 0 Å². The van der Waals surface area contributed by atoms with Gasteiger partial charge < -0.3 is 15.5 Å². The molecular formula is C21H30Cl4N3O2S+. The van der Waals surface area contributed by atoms with Crippen molar-refractivity contribution >= 4 is 70.7 Å². The minimum Gasteiger partial charge on any atom is -0.455 e. The van der Waals surface area contributed by atoms with Crippen LogP contribution in [-0.4, -0.2) is 64.1 Å². The summed E-state index contributed by atoms with van der Waals surface area (Å²) in [4.78, 5) is 7.98. The maximum atomic E-state index is 10.0. The van der Waals surface area contributed by atoms with Gasteiger partial charge in [-0.2, -0.15) is 4.99 Å². The SMILES string of the molecule is Cl.Cl.O.OC(=[NH+]c1ccc(Cl)cc1)SCCCN1CCN(Cc2ccc(Cl)cc2)CC1. The molecule has 10 heteroatoms. The van der Waals surface area contributed by atoms with Gasteiger partial charge in [-0.3, -0.25) is 4.90 Å². The second kappa shape index (κ2) is 16.0. The first kappa shape index (κ1) is 30.3. The summed E-state index contributed by atoms with van der Waals surface area (Å²) in [6, 6.07) is 15.4. The first-order valence-electron chi connectivity index (χ1n) is 9.49. The molecule has 0 unspecified atom stereocenters. The first-order valence-corrected chi connectivity index (χ1v) is 11.2. The second-order valence-electron chi connectivity index (χ2n) is 6.88. The zero-order valence-electron chi connectivity index (χ0n) is 17.1. The molecule has 3 rings (SSSR count). The fraction of sp³-hybridized carbons (Fsp3) is 0.381. The number of thioether (sulfide) groups is 1. The largest absolute Gasteiger partial charge is 0.455 e. The lowest BCUT2D eigenvalue weighted by atomic mass is 10.2. The van der Waals surface area contributed by atoms with E-state index in [2.05, 4.69) is 26.9 Å². The number of benzene rings is 2. The molecule has 0 spiro atoms. The summed E-state index contributed by atoms with van der Waals surface area (Å²) in [5.41, 5.74) is 2.15. The molecule has 2 aromatic rings. The van der Waals surface area contributed by atoms with Gasteiger partial charge in [0, 0.05) is 60.7 Å². The van der Waals surface area contributed by atoms with Crippen molar-refractivity contribution in [3.05, 3.63) is 64.1 Å². The highest BCUT2D eigenvalue weighted by Crippen LogP contribution is 2.13. The topological polar surface area (TPSA) is 72.2 Å². The molecule has 0 atom stereocenters. The highest BCUT2D eigenvalue weighted by atomic mass is 35.5. The summed E-state index contributed by atoms with van der Waals surface area (Å²) in [5.74, 6) is 0.886. The third-order valence-corrected chi connectivity index (χ3v) is 6.11. The Kier molecular flexibility index (Phi) is 15.6. The van der Waals surface area contributed by atoms with Gasteiger partial charge in [0.15, 0.2) is 0 Å². The van der Waals surface area contributed by atoms with E-state index >= 15 is 0 Å². The van der Waals surface area contributed by atoms with Crippen molar-refractivity contribution in [2.45, 2.75) is 13.0 Å². The zero-order chi connectivity index (χ0) is 19.8. The average molecular weight is 530 g/mol. The molecule has 0 amide bonds. The quantitative estimate of drug-likeness (QED) is 0.326. The van der Waals surface area contributed by atoms with Crippen LogP contribution in [0.5, 0.6) is 0 Å². The van der Waals surface area contributed by atoms with E-state index in [1.54, 1.807) is 12.1 Å². The Morgan fingerprint density at radius 1 is 0.871 bits per heavy atom. The lowest BCUT2D eigenvalue weighted by Crippen LogP contribution is -2.65. The van der Waals surface area contributed by atoms with E-state index in [-0.39, 0.29) is 35.5 Å². The highest BCUT2D eigenvalue weighted by molar-refractivity contribution is 8.13. The van der Waals surface area contributed by atoms with Crippen molar-refractivity contribution in [1.82, 2.24) is 9.80 Å². The Hall–Kier alpha value is -0.700. The number of rotatable bonds is 7. The Balaban J connectivity index is 0.00000300. The first-order chi connectivity index (χ1) is 13.6. The van der Waals surface area contributed by atoms with Gasteiger partial charge in [0.05, 0.1) is 0 Å². The summed E-state index contributed by atoms with van der Waals surface area (Å²) >= 11 is 13.3. The molecule has 174 valence electrons. The van der Waals surface area contributed by atoms with Gasteiger partial charge in [0.1, 0.15) is 0 Å². The molecule has 0 aliphatic carbocycles. The zero-order valence-corrected chi connectivity index (χ0v) is 21.1. The van der Waals surface area contributed by atoms with Crippen LogP contribution >= 0.6 is 59.8 Å². The third kappa shape index (κ3) is 11.1. The van der Waals surface area contributed by atoms with Crippen molar-refractivity contribution in [2.75, 3.05) is 38.5 Å². The number of nitrogens with zero attached hydrogens (tertiary/aromatic N) is 2. The summed E-state index contributed by atoms with van der Waals surface area (Å²) < 4.78 is 0. The Labute approximate surface area is 210 Å². The van der Waals surface area contributed by atoms with Crippen LogP contribution in [0.2, 0.25) is 10.0 Å². The number of aliphatic hydroxyl groups is 1. The molecule has 5 nitrogen and oxygen atoms in total. The van der Waals surface area contributed by atoms with Crippen LogP contribution in [0.4, 0.5) is 5.69 Å². The van der Waals surface area contributed by atoms with E-state index < -0.39 is 0 Å². The predicted molar refractivity (Wildman–Crippen MR) is 138 cm³/mol. The smallest absolute Gasteiger partial charge is 0.402 e. The minimum absolute atomic E-state index is 0. The fourth-order valence-electron chi connectivity index (χ4n) is 3.17. The molecule has 1 aliphatic heterocycles. The summed E-state index contributed by atoms with van der Waals surface area (Å²) in [5, 5.41) is 11.7. The van der Waals surface area contributed by atoms with E-state index in [1.807, 2.05) is 24.3 Å². The monoisotopic (exact) mass is 528 g/mol. The third-order valence-electron chi connectivity index (χ3n) is 4.74. The van der Waals surface area contributed by atoms with E-state index in [0.717, 1.165) is 62.2 Å². The van der Waals surface area contributed by atoms with Crippen LogP contribution in [0, 0.1) is 0 Å². The molecule has 1 aliphatic rings. The van der Waals surface area contributed by atoms with Crippen LogP contribution in [0.3, 0.4) is 0 Å². The summed E-state index contributed by atoms with van der Waals surface area (Å²) in [6.07, 6.45) is 1.05. The number of aliphatic hydroxyl groups excluding tert-OH is 1. The minimum atomic E-state index is 0. The van der Waals surface area contributed by atoms with Gasteiger partial charge in [-0.25, -0.2) is 0 Å². The Morgan fingerprint density at radius 2 is 1.39 bits per heavy atom. The molecule has 0 radical (unpaired) electrons. The van der Waals surface area contributed by atoms with E-state index in [1.165, 1.54) is 17.3 Å². The Morgan fingerprint density at radius 3 is 1.97 bits per heavy atom. The molecule has 0 saturated carbocycles. The van der Waals surface area contributed by atoms with Crippen molar-refractivity contribution in [1.29, 1.82) is 0 Å². The van der Waals surface area contributed by atoms with Crippen molar-refractivity contribution in [3.63, 3.8) is 0 Å². The lowest BCUT2D eigenvalue weighted by Gasteiger charge is -2.34. The van der Waals surface area contributed by atoms with Gasteiger partial charge >= 0.3 is 5.23 Å². The lowest BCUT2D eigenvalue weighted by molar-refractivity contribution is -0.360. The fourth-order valence-corrected chi connectivity index (χ4v) is 4.08. The average Bonchev–Trinajstić information content (AvgIpc) is 2.70. The van der Waals surface area contributed by atoms with Crippen molar-refractivity contribution < 1.29 is 15.6 Å². The van der Waals surface area contributed by atoms with E-state index in [0.29, 0.717) is 5.02 Å². The van der Waals surface area contributed by atoms with Crippen LogP contribution in [0.1, 0.15) is 12.0 Å². The molecule has 0 aromatic heterocycles. The number of hydrogen-bond donors (Lipinski definition) is 2. The number of piperazine rings is 1. The molecular weight excluding hydrogens is 500 g/mol. The maximum absolute atomic E-state index is 10.0. The van der Waals surface area contributed by atoms with Gasteiger partial charge in [0.2, 0.25) is 5.69 Å².